The Hall–Kier alpha value is -2.03. The van der Waals surface area contributed by atoms with E-state index < -0.39 is 11.7 Å². The molecule has 0 fully saturated rings. The van der Waals surface area contributed by atoms with Gasteiger partial charge < -0.3 is 15.4 Å². The van der Waals surface area contributed by atoms with Gasteiger partial charge in [0.2, 0.25) is 5.91 Å². The number of amides is 2. The topological polar surface area (TPSA) is 91.2 Å². The Balaban J connectivity index is 3.11. The molecular weight excluding hydrogens is 318 g/mol. The van der Waals surface area contributed by atoms with E-state index >= 15 is 0 Å². The minimum atomic E-state index is -0.606. The van der Waals surface area contributed by atoms with Crippen LogP contribution in [0.5, 0.6) is 0 Å². The highest BCUT2D eigenvalue weighted by molar-refractivity contribution is 5.74. The highest BCUT2D eigenvalue weighted by atomic mass is 16.6. The van der Waals surface area contributed by atoms with Gasteiger partial charge in [0.25, 0.3) is 0 Å². The number of hydrogen-bond acceptors (Lipinski definition) is 4. The Labute approximate surface area is 151 Å². The molecule has 1 aliphatic carbocycles. The zero-order valence-corrected chi connectivity index (χ0v) is 16.2. The second kappa shape index (κ2) is 8.89. The molecule has 2 N–H and O–H groups in total. The van der Waals surface area contributed by atoms with Crippen molar-refractivity contribution in [1.29, 1.82) is 5.26 Å². The molecule has 0 aliphatic heterocycles. The van der Waals surface area contributed by atoms with E-state index in [1.54, 1.807) is 20.8 Å². The minimum absolute atomic E-state index is 0.00207. The summed E-state index contributed by atoms with van der Waals surface area (Å²) in [5.41, 5.74) is 0.0323. The molecule has 1 aliphatic rings. The third-order valence-corrected chi connectivity index (χ3v) is 4.49. The molecule has 25 heavy (non-hydrogen) atoms. The summed E-state index contributed by atoms with van der Waals surface area (Å²) < 4.78 is 5.35. The molecule has 140 valence electrons. The zero-order chi connectivity index (χ0) is 19.2. The fraction of sp³-hybridized carbons (Fsp3) is 0.737. The van der Waals surface area contributed by atoms with Crippen LogP contribution in [0.25, 0.3) is 0 Å². The number of rotatable bonds is 5. The van der Waals surface area contributed by atoms with Crippen LogP contribution in [0.15, 0.2) is 11.6 Å². The maximum atomic E-state index is 12.2. The maximum Gasteiger partial charge on any atom is 0.407 e. The van der Waals surface area contributed by atoms with Crippen molar-refractivity contribution in [2.24, 2.45) is 11.8 Å². The van der Waals surface area contributed by atoms with E-state index in [2.05, 4.69) is 30.6 Å². The van der Waals surface area contributed by atoms with Crippen molar-refractivity contribution in [1.82, 2.24) is 10.6 Å². The zero-order valence-electron chi connectivity index (χ0n) is 16.2. The number of nitriles is 1. The average molecular weight is 349 g/mol. The highest BCUT2D eigenvalue weighted by Crippen LogP contribution is 2.33. The fourth-order valence-corrected chi connectivity index (χ4v) is 3.41. The third-order valence-electron chi connectivity index (χ3n) is 4.49. The van der Waals surface area contributed by atoms with E-state index in [1.807, 2.05) is 6.08 Å². The number of nitrogens with zero attached hydrogens (tertiary/aromatic N) is 1. The molecule has 0 saturated carbocycles. The number of nitrogens with one attached hydrogen (secondary N) is 2. The molecule has 0 spiro atoms. The summed E-state index contributed by atoms with van der Waals surface area (Å²) in [6.07, 6.45) is 3.69. The van der Waals surface area contributed by atoms with E-state index in [-0.39, 0.29) is 23.9 Å². The van der Waals surface area contributed by atoms with Gasteiger partial charge in [0.1, 0.15) is 5.60 Å². The van der Waals surface area contributed by atoms with Gasteiger partial charge in [0.05, 0.1) is 18.2 Å². The largest absolute Gasteiger partial charge is 0.444 e. The maximum absolute atomic E-state index is 12.2. The van der Waals surface area contributed by atoms with Gasteiger partial charge in [-0.25, -0.2) is 4.79 Å². The molecular formula is C19H31N3O3. The van der Waals surface area contributed by atoms with Crippen LogP contribution in [0.3, 0.4) is 0 Å². The monoisotopic (exact) mass is 349 g/mol. The van der Waals surface area contributed by atoms with Crippen LogP contribution in [0.2, 0.25) is 0 Å². The van der Waals surface area contributed by atoms with Gasteiger partial charge in [-0.3, -0.25) is 4.79 Å². The first-order valence-corrected chi connectivity index (χ1v) is 8.98. The third kappa shape index (κ3) is 6.41. The highest BCUT2D eigenvalue weighted by Gasteiger charge is 2.38. The van der Waals surface area contributed by atoms with Crippen molar-refractivity contribution in [3.05, 3.63) is 11.6 Å². The van der Waals surface area contributed by atoms with Gasteiger partial charge in [-0.15, -0.1) is 0 Å². The Morgan fingerprint density at radius 1 is 1.32 bits per heavy atom. The normalized spacial score (nSPS) is 23.4. The predicted molar refractivity (Wildman–Crippen MR) is 96.6 cm³/mol. The van der Waals surface area contributed by atoms with E-state index in [4.69, 9.17) is 4.74 Å². The first-order chi connectivity index (χ1) is 11.6. The number of carbonyl (C=O) groups excluding carboxylic acids is 2. The minimum Gasteiger partial charge on any atom is -0.444 e. The Morgan fingerprint density at radius 3 is 2.36 bits per heavy atom. The second-order valence-electron chi connectivity index (χ2n) is 7.64. The van der Waals surface area contributed by atoms with Crippen molar-refractivity contribution in [2.45, 2.75) is 78.5 Å². The van der Waals surface area contributed by atoms with Crippen LogP contribution in [0.1, 0.15) is 60.8 Å². The molecule has 0 aromatic carbocycles. The molecule has 0 bridgehead atoms. The van der Waals surface area contributed by atoms with Crippen molar-refractivity contribution in [3.8, 4) is 6.07 Å². The quantitative estimate of drug-likeness (QED) is 0.797. The SMILES string of the molecule is CCC(CC)[C@@H]1C=C(C#N)C[C@H](NC(=O)OC(C)(C)C)[C@@H]1NC(C)=O. The summed E-state index contributed by atoms with van der Waals surface area (Å²) in [6, 6.07) is 1.59. The summed E-state index contributed by atoms with van der Waals surface area (Å²) in [4.78, 5) is 23.9. The molecule has 3 atom stereocenters. The predicted octanol–water partition coefficient (Wildman–Crippen LogP) is 3.29. The molecule has 0 heterocycles. The second-order valence-corrected chi connectivity index (χ2v) is 7.64. The molecule has 0 aromatic rings. The molecule has 0 radical (unpaired) electrons. The number of alkyl carbamates (subject to hydrolysis) is 1. The molecule has 6 nitrogen and oxygen atoms in total. The summed E-state index contributed by atoms with van der Waals surface area (Å²) in [5, 5.41) is 15.2. The fourth-order valence-electron chi connectivity index (χ4n) is 3.41. The van der Waals surface area contributed by atoms with Crippen LogP contribution < -0.4 is 10.6 Å². The molecule has 0 saturated heterocycles. The van der Waals surface area contributed by atoms with Crippen LogP contribution in [-0.4, -0.2) is 29.7 Å². The van der Waals surface area contributed by atoms with Crippen LogP contribution in [0, 0.1) is 23.2 Å². The van der Waals surface area contributed by atoms with Gasteiger partial charge in [-0.05, 0) is 26.7 Å². The smallest absolute Gasteiger partial charge is 0.407 e. The van der Waals surface area contributed by atoms with Crippen LogP contribution in [-0.2, 0) is 9.53 Å². The lowest BCUT2D eigenvalue weighted by molar-refractivity contribution is -0.120. The Kier molecular flexibility index (Phi) is 7.47. The number of hydrogen-bond donors (Lipinski definition) is 2. The van der Waals surface area contributed by atoms with Gasteiger partial charge in [-0.2, -0.15) is 5.26 Å². The van der Waals surface area contributed by atoms with Gasteiger partial charge in [-0.1, -0.05) is 32.8 Å². The van der Waals surface area contributed by atoms with E-state index in [9.17, 15) is 14.9 Å². The van der Waals surface area contributed by atoms with Crippen molar-refractivity contribution in [3.63, 3.8) is 0 Å². The molecule has 6 heteroatoms. The lowest BCUT2D eigenvalue weighted by Gasteiger charge is -2.40. The molecule has 1 rings (SSSR count). The lowest BCUT2D eigenvalue weighted by atomic mass is 9.74. The van der Waals surface area contributed by atoms with Crippen molar-refractivity contribution < 1.29 is 14.3 Å². The van der Waals surface area contributed by atoms with E-state index in [1.165, 1.54) is 6.92 Å². The summed E-state index contributed by atoms with van der Waals surface area (Å²) in [5.74, 6) is 0.177. The standard InChI is InChI=1S/C19H31N3O3/c1-7-14(8-2)15-9-13(11-20)10-16(17(15)21-12(3)23)22-18(24)25-19(4,5)6/h9,14-17H,7-8,10H2,1-6H3,(H,21,23)(H,22,24)/t15-,16-,17+/m0/s1. The number of ether oxygens (including phenoxy) is 1. The van der Waals surface area contributed by atoms with Gasteiger partial charge in [0.15, 0.2) is 0 Å². The van der Waals surface area contributed by atoms with Crippen molar-refractivity contribution >= 4 is 12.0 Å². The summed E-state index contributed by atoms with van der Waals surface area (Å²) in [7, 11) is 0. The van der Waals surface area contributed by atoms with Gasteiger partial charge in [0, 0.05) is 24.8 Å². The first kappa shape index (κ1) is 21.0. The molecule has 0 unspecified atom stereocenters. The number of carbonyl (C=O) groups is 2. The lowest BCUT2D eigenvalue weighted by Crippen LogP contribution is -2.57. The van der Waals surface area contributed by atoms with Crippen molar-refractivity contribution in [2.75, 3.05) is 0 Å². The average Bonchev–Trinajstić information content (AvgIpc) is 2.48. The first-order valence-electron chi connectivity index (χ1n) is 8.98. The molecule has 0 aromatic heterocycles. The van der Waals surface area contributed by atoms with Gasteiger partial charge >= 0.3 is 6.09 Å². The van der Waals surface area contributed by atoms with E-state index in [0.29, 0.717) is 17.9 Å². The van der Waals surface area contributed by atoms with Crippen LogP contribution in [0.4, 0.5) is 4.79 Å². The van der Waals surface area contributed by atoms with Crippen LogP contribution >= 0.6 is 0 Å². The Bertz CT molecular complexity index is 553. The summed E-state index contributed by atoms with van der Waals surface area (Å²) in [6.45, 7) is 11.1. The van der Waals surface area contributed by atoms with E-state index in [0.717, 1.165) is 12.8 Å². The summed E-state index contributed by atoms with van der Waals surface area (Å²) >= 11 is 0. The molecule has 2 amide bonds. The Morgan fingerprint density at radius 2 is 1.92 bits per heavy atom.